The number of aromatic nitrogens is 2. The third-order valence-electron chi connectivity index (χ3n) is 3.08. The topological polar surface area (TPSA) is 59.2 Å². The maximum Gasteiger partial charge on any atom is 0.433 e. The Morgan fingerprint density at radius 2 is 1.96 bits per heavy atom. The average Bonchev–Trinajstić information content (AvgIpc) is 2.94. The quantitative estimate of drug-likeness (QED) is 0.653. The molecule has 0 saturated heterocycles. The summed E-state index contributed by atoms with van der Waals surface area (Å²) < 4.78 is 68.8. The number of thioether (sulfide) groups is 1. The Morgan fingerprint density at radius 1 is 1.33 bits per heavy atom. The summed E-state index contributed by atoms with van der Waals surface area (Å²) in [5.74, 6) is -0.785. The molecule has 2 rings (SSSR count). The van der Waals surface area contributed by atoms with Gasteiger partial charge in [0.1, 0.15) is 16.3 Å². The fraction of sp³-hybridized carbons (Fsp3) is 0.583. The van der Waals surface area contributed by atoms with Gasteiger partial charge in [-0.05, 0) is 36.7 Å². The lowest BCUT2D eigenvalue weighted by Crippen LogP contribution is -2.22. The van der Waals surface area contributed by atoms with Gasteiger partial charge in [0, 0.05) is 5.25 Å². The minimum absolute atomic E-state index is 0.435. The number of H-pyrrole nitrogens is 1. The molecule has 0 spiro atoms. The van der Waals surface area contributed by atoms with E-state index in [2.05, 4.69) is 31.2 Å². The largest absolute Gasteiger partial charge is 0.433 e. The van der Waals surface area contributed by atoms with Crippen LogP contribution < -0.4 is 10.2 Å². The van der Waals surface area contributed by atoms with Gasteiger partial charge in [-0.1, -0.05) is 11.8 Å². The van der Waals surface area contributed by atoms with Crippen LogP contribution in [-0.4, -0.2) is 22.4 Å². The van der Waals surface area contributed by atoms with Crippen molar-refractivity contribution in [2.75, 3.05) is 0 Å². The van der Waals surface area contributed by atoms with Crippen molar-refractivity contribution in [3.63, 3.8) is 0 Å². The molecule has 0 fully saturated rings. The third-order valence-corrected chi connectivity index (χ3v) is 5.81. The van der Waals surface area contributed by atoms with E-state index in [1.54, 1.807) is 18.9 Å². The molecule has 12 heteroatoms. The van der Waals surface area contributed by atoms with Crippen LogP contribution in [0.5, 0.6) is 5.88 Å². The van der Waals surface area contributed by atoms with Gasteiger partial charge in [0.25, 0.3) is 0 Å². The zero-order valence-corrected chi connectivity index (χ0v) is 15.0. The number of ether oxygens (including phenoxy) is 1. The van der Waals surface area contributed by atoms with Crippen molar-refractivity contribution in [1.82, 2.24) is 15.7 Å². The van der Waals surface area contributed by atoms with Gasteiger partial charge in [0.15, 0.2) is 0 Å². The number of nitrogens with zero attached hydrogens (tertiary/aromatic N) is 1. The van der Waals surface area contributed by atoms with Crippen LogP contribution in [0.15, 0.2) is 9.51 Å². The maximum absolute atomic E-state index is 13.1. The third kappa shape index (κ3) is 3.97. The zero-order valence-electron chi connectivity index (χ0n) is 12.6. The van der Waals surface area contributed by atoms with Crippen molar-refractivity contribution in [1.29, 1.82) is 0 Å². The minimum atomic E-state index is -4.79. The Balaban J connectivity index is 2.36. The first-order valence-electron chi connectivity index (χ1n) is 6.54. The Labute approximate surface area is 146 Å². The standard InChI is InChI=1S/C12H13BrF5N3O2S/c1-4(24-9-6(13)11(2,3)23-21-9)5-7(12(16,17)18)19-20-8(5)22-10(14)15/h4,10,21H,1-3H3,(H,19,20). The van der Waals surface area contributed by atoms with Crippen molar-refractivity contribution < 1.29 is 31.5 Å². The summed E-state index contributed by atoms with van der Waals surface area (Å²) in [4.78, 5) is 5.29. The van der Waals surface area contributed by atoms with Crippen molar-refractivity contribution in [3.05, 3.63) is 20.8 Å². The zero-order chi connectivity index (χ0) is 18.3. The van der Waals surface area contributed by atoms with Crippen molar-refractivity contribution >= 4 is 27.7 Å². The number of halogens is 6. The van der Waals surface area contributed by atoms with Crippen LogP contribution >= 0.6 is 27.7 Å². The van der Waals surface area contributed by atoms with Crippen LogP contribution in [0.25, 0.3) is 0 Å². The number of alkyl halides is 5. The number of rotatable bonds is 5. The van der Waals surface area contributed by atoms with Crippen molar-refractivity contribution in [3.8, 4) is 5.88 Å². The van der Waals surface area contributed by atoms with E-state index in [0.29, 0.717) is 9.51 Å². The molecule has 1 aliphatic rings. The summed E-state index contributed by atoms with van der Waals surface area (Å²) in [5, 5.41) is 4.49. The molecule has 2 N–H and O–H groups in total. The smallest absolute Gasteiger partial charge is 0.415 e. The Hall–Kier alpha value is -1.01. The predicted molar refractivity (Wildman–Crippen MR) is 80.5 cm³/mol. The highest BCUT2D eigenvalue weighted by Gasteiger charge is 2.41. The number of hydroxylamine groups is 1. The van der Waals surface area contributed by atoms with Gasteiger partial charge >= 0.3 is 12.8 Å². The summed E-state index contributed by atoms with van der Waals surface area (Å²) in [5.41, 5.74) is 0.180. The predicted octanol–water partition coefficient (Wildman–Crippen LogP) is 4.70. The van der Waals surface area contributed by atoms with E-state index in [4.69, 9.17) is 4.84 Å². The highest BCUT2D eigenvalue weighted by molar-refractivity contribution is 9.11. The van der Waals surface area contributed by atoms with E-state index in [-0.39, 0.29) is 0 Å². The highest BCUT2D eigenvalue weighted by Crippen LogP contribution is 2.47. The molecule has 0 saturated carbocycles. The van der Waals surface area contributed by atoms with E-state index in [1.807, 2.05) is 0 Å². The van der Waals surface area contributed by atoms with Gasteiger partial charge in [-0.15, -0.1) is 5.10 Å². The number of hydrogen-bond acceptors (Lipinski definition) is 5. The first-order chi connectivity index (χ1) is 10.9. The van der Waals surface area contributed by atoms with Crippen LogP contribution in [0, 0.1) is 0 Å². The molecule has 1 aromatic heterocycles. The molecule has 0 aromatic carbocycles. The lowest BCUT2D eigenvalue weighted by atomic mass is 10.1. The normalized spacial score (nSPS) is 18.9. The Morgan fingerprint density at radius 3 is 2.42 bits per heavy atom. The van der Waals surface area contributed by atoms with Crippen LogP contribution in [-0.2, 0) is 11.0 Å². The van der Waals surface area contributed by atoms with Gasteiger partial charge < -0.3 is 4.74 Å². The highest BCUT2D eigenvalue weighted by atomic mass is 79.9. The molecule has 0 amide bonds. The molecule has 1 aliphatic heterocycles. The fourth-order valence-electron chi connectivity index (χ4n) is 1.95. The second-order valence-electron chi connectivity index (χ2n) is 5.31. The minimum Gasteiger partial charge on any atom is -0.415 e. The molecular formula is C12H13BrF5N3O2S. The van der Waals surface area contributed by atoms with Gasteiger partial charge in [-0.2, -0.15) is 22.0 Å². The van der Waals surface area contributed by atoms with E-state index < -0.39 is 40.8 Å². The van der Waals surface area contributed by atoms with Crippen molar-refractivity contribution in [2.24, 2.45) is 0 Å². The summed E-state index contributed by atoms with van der Waals surface area (Å²) in [6, 6.07) is 0. The molecule has 0 radical (unpaired) electrons. The van der Waals surface area contributed by atoms with Gasteiger partial charge in [0.2, 0.25) is 5.88 Å². The Bertz CT molecular complexity index is 647. The van der Waals surface area contributed by atoms with Crippen LogP contribution in [0.1, 0.15) is 37.3 Å². The summed E-state index contributed by atoms with van der Waals surface area (Å²) in [7, 11) is 0. The molecule has 1 atom stereocenters. The van der Waals surface area contributed by atoms with Crippen LogP contribution in [0.2, 0.25) is 0 Å². The van der Waals surface area contributed by atoms with Crippen molar-refractivity contribution in [2.45, 2.75) is 44.4 Å². The average molecular weight is 438 g/mol. The van der Waals surface area contributed by atoms with Gasteiger partial charge in [-0.3, -0.25) is 15.4 Å². The van der Waals surface area contributed by atoms with Gasteiger partial charge in [-0.25, -0.2) is 0 Å². The van der Waals surface area contributed by atoms with Crippen LogP contribution in [0.3, 0.4) is 0 Å². The summed E-state index contributed by atoms with van der Waals surface area (Å²) >= 11 is 4.27. The SMILES string of the molecule is CC(SC1=C(Br)C(C)(C)ON1)c1c(OC(F)F)n[nH]c1C(F)(F)F. The second-order valence-corrected chi connectivity index (χ2v) is 7.46. The van der Waals surface area contributed by atoms with E-state index in [0.717, 1.165) is 11.8 Å². The number of nitrogens with one attached hydrogen (secondary N) is 2. The summed E-state index contributed by atoms with van der Waals surface area (Å²) in [6.07, 6.45) is -4.79. The number of aromatic amines is 1. The molecule has 5 nitrogen and oxygen atoms in total. The second kappa shape index (κ2) is 6.71. The molecule has 136 valence electrons. The van der Waals surface area contributed by atoms with Gasteiger partial charge in [0.05, 0.1) is 10.0 Å². The molecule has 1 unspecified atom stereocenters. The van der Waals surface area contributed by atoms with E-state index in [9.17, 15) is 22.0 Å². The molecule has 2 heterocycles. The maximum atomic E-state index is 13.1. The molecule has 24 heavy (non-hydrogen) atoms. The first kappa shape index (κ1) is 19.3. The first-order valence-corrected chi connectivity index (χ1v) is 8.22. The Kier molecular flexibility index (Phi) is 5.40. The number of hydrogen-bond donors (Lipinski definition) is 2. The monoisotopic (exact) mass is 437 g/mol. The summed E-state index contributed by atoms with van der Waals surface area (Å²) in [6.45, 7) is 1.62. The lowest BCUT2D eigenvalue weighted by Gasteiger charge is -2.15. The van der Waals surface area contributed by atoms with Crippen LogP contribution in [0.4, 0.5) is 22.0 Å². The van der Waals surface area contributed by atoms with E-state index in [1.165, 1.54) is 6.92 Å². The lowest BCUT2D eigenvalue weighted by molar-refractivity contribution is -0.141. The van der Waals surface area contributed by atoms with E-state index >= 15 is 0 Å². The fourth-order valence-corrected chi connectivity index (χ4v) is 3.52. The molecule has 0 aliphatic carbocycles. The molecule has 0 bridgehead atoms. The molecule has 1 aromatic rings. The molecular weight excluding hydrogens is 425 g/mol.